The van der Waals surface area contributed by atoms with Crippen LogP contribution < -0.4 is 8.67 Å². The molecule has 1 aliphatic heterocycles. The molecule has 0 unspecified atom stereocenters. The maximum absolute atomic E-state index is 4.54. The van der Waals surface area contributed by atoms with Gasteiger partial charge < -0.3 is 0 Å². The summed E-state index contributed by atoms with van der Waals surface area (Å²) in [5.41, 5.74) is 0. The molecular formula is CH2CuN2S. The molecule has 0 spiro atoms. The van der Waals surface area contributed by atoms with Gasteiger partial charge in [-0.15, -0.1) is 0 Å². The zero-order chi connectivity index (χ0) is 3.70. The van der Waals surface area contributed by atoms with Gasteiger partial charge in [-0.2, -0.15) is 0 Å². The SMILES string of the molecule is S=C1[NH][Cu][NH]1. The van der Waals surface area contributed by atoms with E-state index in [0.29, 0.717) is 0 Å². The van der Waals surface area contributed by atoms with Gasteiger partial charge in [0.2, 0.25) is 0 Å². The van der Waals surface area contributed by atoms with E-state index in [1.807, 2.05) is 0 Å². The van der Waals surface area contributed by atoms with Gasteiger partial charge in [0.1, 0.15) is 0 Å². The van der Waals surface area contributed by atoms with E-state index in [2.05, 4.69) is 20.9 Å². The quantitative estimate of drug-likeness (QED) is 0.344. The third-order valence-corrected chi connectivity index (χ3v) is 1.38. The van der Waals surface area contributed by atoms with E-state index in [0.717, 1.165) is 5.11 Å². The molecule has 2 N–H and O–H groups in total. The van der Waals surface area contributed by atoms with Crippen molar-refractivity contribution in [3.8, 4) is 0 Å². The van der Waals surface area contributed by atoms with Crippen LogP contribution >= 0.6 is 12.2 Å². The van der Waals surface area contributed by atoms with E-state index in [4.69, 9.17) is 0 Å². The molecule has 0 aromatic heterocycles. The van der Waals surface area contributed by atoms with Gasteiger partial charge in [0, 0.05) is 0 Å². The van der Waals surface area contributed by atoms with Crippen molar-refractivity contribution in [2.75, 3.05) is 0 Å². The molecular weight excluding hydrogens is 136 g/mol. The van der Waals surface area contributed by atoms with Crippen LogP contribution in [0.25, 0.3) is 0 Å². The molecule has 4 heteroatoms. The zero-order valence-electron chi connectivity index (χ0n) is 2.21. The van der Waals surface area contributed by atoms with Gasteiger partial charge >= 0.3 is 41.4 Å². The summed E-state index contributed by atoms with van der Waals surface area (Å²) in [4.78, 5) is 0. The Kier molecular flexibility index (Phi) is 0.765. The number of nitrogens with one attached hydrogen (secondary N) is 2. The molecule has 1 aliphatic rings. The van der Waals surface area contributed by atoms with Crippen LogP contribution in [0.3, 0.4) is 0 Å². The zero-order valence-corrected chi connectivity index (χ0v) is 3.97. The summed E-state index contributed by atoms with van der Waals surface area (Å²) in [6.07, 6.45) is 0. The Hall–Kier alpha value is 0.209. The Morgan fingerprint density at radius 2 is 2.00 bits per heavy atom. The molecule has 0 bridgehead atoms. The standard InChI is InChI=1S/CH3N2S.Cu/c2-1(3)4;/h(H3-,2,3,4);/q-1;+2/p-1. The van der Waals surface area contributed by atoms with Crippen molar-refractivity contribution in [3.05, 3.63) is 0 Å². The third-order valence-electron chi connectivity index (χ3n) is 0.212. The molecule has 0 atom stereocenters. The van der Waals surface area contributed by atoms with E-state index in [1.165, 1.54) is 15.4 Å². The Balaban J connectivity index is 2.32. The van der Waals surface area contributed by atoms with Gasteiger partial charge in [0.05, 0.1) is 0 Å². The number of rotatable bonds is 0. The average molecular weight is 138 g/mol. The molecule has 1 heterocycles. The van der Waals surface area contributed by atoms with Crippen molar-refractivity contribution in [1.29, 1.82) is 0 Å². The van der Waals surface area contributed by atoms with Gasteiger partial charge in [-0.1, -0.05) is 0 Å². The van der Waals surface area contributed by atoms with E-state index in [-0.39, 0.29) is 0 Å². The Bertz CT molecular complexity index is 56.7. The molecule has 0 aromatic rings. The summed E-state index contributed by atoms with van der Waals surface area (Å²) >= 11 is 6.01. The second-order valence-electron chi connectivity index (χ2n) is 0.555. The van der Waals surface area contributed by atoms with Crippen LogP contribution in [0, 0.1) is 0 Å². The summed E-state index contributed by atoms with van der Waals surface area (Å²) in [5, 5.41) is 0.727. The predicted molar refractivity (Wildman–Crippen MR) is 18.9 cm³/mol. The number of hydrogen-bond donors (Lipinski definition) is 2. The molecule has 0 aliphatic carbocycles. The Labute approximate surface area is 41.9 Å². The van der Waals surface area contributed by atoms with E-state index in [9.17, 15) is 0 Å². The van der Waals surface area contributed by atoms with Crippen LogP contribution in [0.15, 0.2) is 0 Å². The number of hydrogen-bond acceptors (Lipinski definition) is 1. The molecule has 2 nitrogen and oxygen atoms in total. The fourth-order valence-corrected chi connectivity index (χ4v) is 0.536. The number of thiocarbonyl (C=S) groups is 1. The first kappa shape index (κ1) is 3.40. The van der Waals surface area contributed by atoms with Gasteiger partial charge in [0.15, 0.2) is 0 Å². The third kappa shape index (κ3) is 0.533. The molecule has 1 rings (SSSR count). The van der Waals surface area contributed by atoms with Gasteiger partial charge in [-0.3, -0.25) is 0 Å². The Morgan fingerprint density at radius 3 is 2.00 bits per heavy atom. The summed E-state index contributed by atoms with van der Waals surface area (Å²) < 4.78 is 5.47. The topological polar surface area (TPSA) is 24.1 Å². The minimum atomic E-state index is 0.727. The predicted octanol–water partition coefficient (Wildman–Crippen LogP) is -0.623. The van der Waals surface area contributed by atoms with E-state index < -0.39 is 0 Å². The first-order valence-corrected chi connectivity index (χ1v) is 2.36. The fourth-order valence-electron chi connectivity index (χ4n) is 0.0685. The first-order chi connectivity index (χ1) is 2.39. The van der Waals surface area contributed by atoms with Crippen molar-refractivity contribution in [2.24, 2.45) is 0 Å². The van der Waals surface area contributed by atoms with Crippen LogP contribution in [0.1, 0.15) is 0 Å². The van der Waals surface area contributed by atoms with Crippen LogP contribution in [0.5, 0.6) is 0 Å². The van der Waals surface area contributed by atoms with E-state index in [1.54, 1.807) is 0 Å². The summed E-state index contributed by atoms with van der Waals surface area (Å²) in [7, 11) is 0. The van der Waals surface area contributed by atoms with Crippen molar-refractivity contribution in [1.82, 2.24) is 8.67 Å². The van der Waals surface area contributed by atoms with Crippen LogP contribution in [-0.4, -0.2) is 5.11 Å². The van der Waals surface area contributed by atoms with Gasteiger partial charge in [-0.25, -0.2) is 0 Å². The molecule has 0 aromatic carbocycles. The molecule has 5 heavy (non-hydrogen) atoms. The van der Waals surface area contributed by atoms with Crippen LogP contribution in [0.2, 0.25) is 0 Å². The second-order valence-corrected chi connectivity index (χ2v) is 1.67. The van der Waals surface area contributed by atoms with Crippen molar-refractivity contribution in [2.45, 2.75) is 0 Å². The molecule has 0 saturated carbocycles. The van der Waals surface area contributed by atoms with Gasteiger partial charge in [-0.05, 0) is 0 Å². The monoisotopic (exact) mass is 137 g/mol. The van der Waals surface area contributed by atoms with E-state index >= 15 is 0 Å². The molecule has 0 amide bonds. The normalized spacial score (nSPS) is 20.4. The molecule has 33 valence electrons. The van der Waals surface area contributed by atoms with Crippen molar-refractivity contribution in [3.63, 3.8) is 0 Å². The fraction of sp³-hybridized carbons (Fsp3) is 0. The van der Waals surface area contributed by atoms with Crippen LogP contribution in [0.4, 0.5) is 0 Å². The average Bonchev–Trinajstić information content (AvgIpc) is 1.30. The van der Waals surface area contributed by atoms with Gasteiger partial charge in [0.25, 0.3) is 0 Å². The summed E-state index contributed by atoms with van der Waals surface area (Å²) in [6.45, 7) is 0. The molecule has 1 saturated heterocycles. The molecule has 0 radical (unpaired) electrons. The molecule has 1 fully saturated rings. The maximum atomic E-state index is 4.54. The second kappa shape index (κ2) is 1.12. The van der Waals surface area contributed by atoms with Crippen molar-refractivity contribution < 1.29 is 15.4 Å². The first-order valence-electron chi connectivity index (χ1n) is 1.01. The Morgan fingerprint density at radius 1 is 1.60 bits per heavy atom. The van der Waals surface area contributed by atoms with Crippen molar-refractivity contribution >= 4 is 17.3 Å². The van der Waals surface area contributed by atoms with Crippen LogP contribution in [-0.2, 0) is 15.4 Å². The summed E-state index contributed by atoms with van der Waals surface area (Å²) in [5.74, 6) is 0. The minimum absolute atomic E-state index is 0.727. The summed E-state index contributed by atoms with van der Waals surface area (Å²) in [6, 6.07) is 0.